The van der Waals surface area contributed by atoms with Gasteiger partial charge >= 0.3 is 0 Å². The molecule has 8 heteroatoms. The molecule has 3 aromatic rings. The number of thioether (sulfide) groups is 1. The van der Waals surface area contributed by atoms with Crippen molar-refractivity contribution < 1.29 is 13.9 Å². The Morgan fingerprint density at radius 2 is 2.12 bits per heavy atom. The molecule has 0 saturated carbocycles. The summed E-state index contributed by atoms with van der Waals surface area (Å²) in [6, 6.07) is 13.4. The Hall–Kier alpha value is -2.87. The number of benzene rings is 2. The molecular weight excluding hydrogens is 343 g/mol. The molecular formula is C17H15FN4O2S. The van der Waals surface area contributed by atoms with E-state index in [4.69, 9.17) is 4.74 Å². The number of hydrogen-bond acceptors (Lipinski definition) is 5. The highest BCUT2D eigenvalue weighted by molar-refractivity contribution is 7.99. The Labute approximate surface area is 148 Å². The van der Waals surface area contributed by atoms with E-state index in [9.17, 15) is 9.18 Å². The van der Waals surface area contributed by atoms with E-state index in [1.54, 1.807) is 30.1 Å². The standard InChI is InChI=1S/C17H15FN4O2S/c1-24-13-6-4-5-12(9-13)22-11-19-21-17(22)25-10-16(23)20-15-8-3-2-7-14(15)18/h2-9,11H,10H2,1H3,(H,20,23). The molecule has 0 aliphatic carbocycles. The van der Waals surface area contributed by atoms with E-state index in [2.05, 4.69) is 15.5 Å². The van der Waals surface area contributed by atoms with E-state index in [1.165, 1.54) is 23.9 Å². The number of rotatable bonds is 6. The highest BCUT2D eigenvalue weighted by Gasteiger charge is 2.12. The zero-order valence-electron chi connectivity index (χ0n) is 13.3. The van der Waals surface area contributed by atoms with Crippen LogP contribution in [0.2, 0.25) is 0 Å². The van der Waals surface area contributed by atoms with Crippen molar-refractivity contribution in [2.24, 2.45) is 0 Å². The third-order valence-corrected chi connectivity index (χ3v) is 4.27. The summed E-state index contributed by atoms with van der Waals surface area (Å²) in [5.74, 6) is -0.00748. The maximum atomic E-state index is 13.6. The number of aromatic nitrogens is 3. The number of carbonyl (C=O) groups excluding carboxylic acids is 1. The van der Waals surface area contributed by atoms with E-state index in [-0.39, 0.29) is 17.3 Å². The van der Waals surface area contributed by atoms with Crippen LogP contribution in [0.3, 0.4) is 0 Å². The molecule has 0 unspecified atom stereocenters. The van der Waals surface area contributed by atoms with Gasteiger partial charge in [0, 0.05) is 6.07 Å². The van der Waals surface area contributed by atoms with Crippen LogP contribution in [-0.2, 0) is 4.79 Å². The van der Waals surface area contributed by atoms with Crippen LogP contribution in [0.15, 0.2) is 60.0 Å². The summed E-state index contributed by atoms with van der Waals surface area (Å²) in [6.07, 6.45) is 1.56. The molecule has 0 bridgehead atoms. The zero-order valence-corrected chi connectivity index (χ0v) is 14.2. The van der Waals surface area contributed by atoms with Gasteiger partial charge in [0.1, 0.15) is 17.9 Å². The summed E-state index contributed by atoms with van der Waals surface area (Å²) in [7, 11) is 1.59. The molecule has 6 nitrogen and oxygen atoms in total. The van der Waals surface area contributed by atoms with E-state index in [0.717, 1.165) is 5.69 Å². The van der Waals surface area contributed by atoms with E-state index in [1.807, 2.05) is 24.3 Å². The van der Waals surface area contributed by atoms with Crippen molar-refractivity contribution in [3.8, 4) is 11.4 Å². The van der Waals surface area contributed by atoms with Crippen LogP contribution < -0.4 is 10.1 Å². The zero-order chi connectivity index (χ0) is 17.6. The van der Waals surface area contributed by atoms with Crippen molar-refractivity contribution in [1.29, 1.82) is 0 Å². The second kappa shape index (κ2) is 7.80. The topological polar surface area (TPSA) is 69.0 Å². The van der Waals surface area contributed by atoms with Gasteiger partial charge in [-0.3, -0.25) is 9.36 Å². The lowest BCUT2D eigenvalue weighted by atomic mass is 10.3. The van der Waals surface area contributed by atoms with Crippen molar-refractivity contribution in [3.05, 3.63) is 60.7 Å². The number of amides is 1. The fourth-order valence-corrected chi connectivity index (χ4v) is 2.87. The maximum Gasteiger partial charge on any atom is 0.234 e. The molecule has 0 atom stereocenters. The number of methoxy groups -OCH3 is 1. The SMILES string of the molecule is COc1cccc(-n2cnnc2SCC(=O)Nc2ccccc2F)c1. The maximum absolute atomic E-state index is 13.6. The molecule has 0 aliphatic rings. The first-order chi connectivity index (χ1) is 12.2. The van der Waals surface area contributed by atoms with Crippen molar-refractivity contribution in [2.45, 2.75) is 5.16 Å². The first kappa shape index (κ1) is 17.0. The van der Waals surface area contributed by atoms with Gasteiger partial charge in [-0.25, -0.2) is 4.39 Å². The Balaban J connectivity index is 1.67. The Kier molecular flexibility index (Phi) is 5.30. The Morgan fingerprint density at radius 1 is 1.28 bits per heavy atom. The minimum atomic E-state index is -0.472. The summed E-state index contributed by atoms with van der Waals surface area (Å²) >= 11 is 1.21. The molecule has 1 N–H and O–H groups in total. The van der Waals surface area contributed by atoms with Gasteiger partial charge in [-0.15, -0.1) is 10.2 Å². The lowest BCUT2D eigenvalue weighted by Gasteiger charge is -2.08. The predicted molar refractivity (Wildman–Crippen MR) is 93.7 cm³/mol. The summed E-state index contributed by atoms with van der Waals surface area (Å²) < 4.78 is 20.5. The Bertz CT molecular complexity index is 884. The fourth-order valence-electron chi connectivity index (χ4n) is 2.14. The van der Waals surface area contributed by atoms with E-state index >= 15 is 0 Å². The minimum absolute atomic E-state index is 0.0804. The largest absolute Gasteiger partial charge is 0.497 e. The number of halogens is 1. The average molecular weight is 358 g/mol. The van der Waals surface area contributed by atoms with Gasteiger partial charge < -0.3 is 10.1 Å². The van der Waals surface area contributed by atoms with Crippen LogP contribution >= 0.6 is 11.8 Å². The molecule has 1 heterocycles. The normalized spacial score (nSPS) is 10.5. The molecule has 0 radical (unpaired) electrons. The second-order valence-corrected chi connectivity index (χ2v) is 5.94. The van der Waals surface area contributed by atoms with Gasteiger partial charge in [-0.05, 0) is 24.3 Å². The van der Waals surface area contributed by atoms with Gasteiger partial charge in [0.05, 0.1) is 24.2 Å². The summed E-state index contributed by atoms with van der Waals surface area (Å²) in [4.78, 5) is 12.0. The highest BCUT2D eigenvalue weighted by Crippen LogP contribution is 2.22. The van der Waals surface area contributed by atoms with Crippen LogP contribution in [0.1, 0.15) is 0 Å². The molecule has 3 rings (SSSR count). The molecule has 128 valence electrons. The van der Waals surface area contributed by atoms with Crippen molar-refractivity contribution >= 4 is 23.4 Å². The molecule has 25 heavy (non-hydrogen) atoms. The molecule has 0 fully saturated rings. The number of nitrogens with one attached hydrogen (secondary N) is 1. The molecule has 0 spiro atoms. The van der Waals surface area contributed by atoms with Crippen LogP contribution in [-0.4, -0.2) is 33.5 Å². The monoisotopic (exact) mass is 358 g/mol. The molecule has 0 saturated heterocycles. The van der Waals surface area contributed by atoms with Crippen molar-refractivity contribution in [2.75, 3.05) is 18.2 Å². The summed E-state index contributed by atoms with van der Waals surface area (Å²) in [5.41, 5.74) is 0.976. The molecule has 0 aliphatic heterocycles. The second-order valence-electron chi connectivity index (χ2n) is 5.00. The minimum Gasteiger partial charge on any atom is -0.497 e. The van der Waals surface area contributed by atoms with Gasteiger partial charge in [-0.2, -0.15) is 0 Å². The van der Waals surface area contributed by atoms with Crippen molar-refractivity contribution in [3.63, 3.8) is 0 Å². The van der Waals surface area contributed by atoms with Gasteiger partial charge in [-0.1, -0.05) is 30.0 Å². The van der Waals surface area contributed by atoms with Gasteiger partial charge in [0.15, 0.2) is 5.16 Å². The number of ether oxygens (including phenoxy) is 1. The number of para-hydroxylation sites is 1. The van der Waals surface area contributed by atoms with E-state index < -0.39 is 5.82 Å². The lowest BCUT2D eigenvalue weighted by Crippen LogP contribution is -2.15. The average Bonchev–Trinajstić information content (AvgIpc) is 3.10. The van der Waals surface area contributed by atoms with Crippen LogP contribution in [0.5, 0.6) is 5.75 Å². The van der Waals surface area contributed by atoms with Crippen LogP contribution in [0, 0.1) is 5.82 Å². The predicted octanol–water partition coefficient (Wildman–Crippen LogP) is 3.15. The first-order valence-corrected chi connectivity index (χ1v) is 8.37. The lowest BCUT2D eigenvalue weighted by molar-refractivity contribution is -0.113. The Morgan fingerprint density at radius 3 is 2.92 bits per heavy atom. The third kappa shape index (κ3) is 4.16. The molecule has 2 aromatic carbocycles. The number of hydrogen-bond donors (Lipinski definition) is 1. The first-order valence-electron chi connectivity index (χ1n) is 7.39. The summed E-state index contributed by atoms with van der Waals surface area (Å²) in [6.45, 7) is 0. The van der Waals surface area contributed by atoms with E-state index in [0.29, 0.717) is 10.9 Å². The van der Waals surface area contributed by atoms with Gasteiger partial charge in [0.25, 0.3) is 0 Å². The fraction of sp³-hybridized carbons (Fsp3) is 0.118. The molecule has 1 amide bonds. The van der Waals surface area contributed by atoms with Crippen LogP contribution in [0.4, 0.5) is 10.1 Å². The molecule has 1 aromatic heterocycles. The van der Waals surface area contributed by atoms with Crippen molar-refractivity contribution in [1.82, 2.24) is 14.8 Å². The smallest absolute Gasteiger partial charge is 0.234 e. The quantitative estimate of drug-likeness (QED) is 0.686. The third-order valence-electron chi connectivity index (χ3n) is 3.33. The van der Waals surface area contributed by atoms with Crippen LogP contribution in [0.25, 0.3) is 5.69 Å². The van der Waals surface area contributed by atoms with Gasteiger partial charge in [0.2, 0.25) is 5.91 Å². The number of carbonyl (C=O) groups is 1. The number of anilines is 1. The summed E-state index contributed by atoms with van der Waals surface area (Å²) in [5, 5.41) is 11.0. The highest BCUT2D eigenvalue weighted by atomic mass is 32.2. The number of nitrogens with zero attached hydrogens (tertiary/aromatic N) is 3.